The summed E-state index contributed by atoms with van der Waals surface area (Å²) in [6, 6.07) is 10.4. The van der Waals surface area contributed by atoms with Gasteiger partial charge in [0, 0.05) is 15.4 Å². The highest BCUT2D eigenvalue weighted by Crippen LogP contribution is 2.25. The number of amides is 1. The van der Waals surface area contributed by atoms with Crippen LogP contribution >= 0.6 is 34.5 Å². The first-order valence-corrected chi connectivity index (χ1v) is 7.51. The van der Waals surface area contributed by atoms with Crippen molar-refractivity contribution >= 4 is 52.2 Å². The van der Waals surface area contributed by atoms with Crippen molar-refractivity contribution in [3.63, 3.8) is 0 Å². The lowest BCUT2D eigenvalue weighted by Crippen LogP contribution is -2.13. The molecule has 6 heteroatoms. The molecule has 21 heavy (non-hydrogen) atoms. The van der Waals surface area contributed by atoms with Crippen LogP contribution in [0.3, 0.4) is 0 Å². The number of nitriles is 1. The van der Waals surface area contributed by atoms with Gasteiger partial charge >= 0.3 is 0 Å². The highest BCUT2D eigenvalue weighted by Gasteiger charge is 2.11. The molecule has 0 bridgehead atoms. The molecule has 1 N–H and O–H groups in total. The van der Waals surface area contributed by atoms with Crippen molar-refractivity contribution in [3.05, 3.63) is 55.7 Å². The lowest BCUT2D eigenvalue weighted by molar-refractivity contribution is -0.112. The van der Waals surface area contributed by atoms with Crippen LogP contribution in [0.1, 0.15) is 9.75 Å². The largest absolute Gasteiger partial charge is 0.321 e. The first-order chi connectivity index (χ1) is 9.99. The van der Waals surface area contributed by atoms with E-state index in [9.17, 15) is 4.79 Å². The molecule has 1 amide bonds. The predicted molar refractivity (Wildman–Crippen MR) is 87.7 cm³/mol. The third kappa shape index (κ3) is 4.08. The maximum absolute atomic E-state index is 12.1. The molecule has 1 aromatic heterocycles. The summed E-state index contributed by atoms with van der Waals surface area (Å²) in [4.78, 5) is 14.0. The zero-order chi connectivity index (χ0) is 15.4. The number of rotatable bonds is 3. The van der Waals surface area contributed by atoms with Gasteiger partial charge in [0.15, 0.2) is 0 Å². The summed E-state index contributed by atoms with van der Waals surface area (Å²) in [6.07, 6.45) is 1.56. The van der Waals surface area contributed by atoms with Crippen molar-refractivity contribution in [1.29, 1.82) is 5.26 Å². The van der Waals surface area contributed by atoms with Crippen molar-refractivity contribution in [2.45, 2.75) is 6.92 Å². The van der Waals surface area contributed by atoms with Gasteiger partial charge in [0.25, 0.3) is 5.91 Å². The highest BCUT2D eigenvalue weighted by atomic mass is 35.5. The lowest BCUT2D eigenvalue weighted by atomic mass is 10.2. The number of carbonyl (C=O) groups excluding carboxylic acids is 1. The number of carbonyl (C=O) groups is 1. The van der Waals surface area contributed by atoms with Crippen molar-refractivity contribution in [2.24, 2.45) is 0 Å². The third-order valence-corrected chi connectivity index (χ3v) is 4.28. The quantitative estimate of drug-likeness (QED) is 0.639. The average molecular weight is 337 g/mol. The van der Waals surface area contributed by atoms with Crippen LogP contribution in [0.4, 0.5) is 5.69 Å². The topological polar surface area (TPSA) is 52.9 Å². The summed E-state index contributed by atoms with van der Waals surface area (Å²) in [6.45, 7) is 1.96. The SMILES string of the molecule is Cc1ccc(/C=C(\C#N)C(=O)Nc2ccc(Cl)c(Cl)c2)s1. The fraction of sp³-hybridized carbons (Fsp3) is 0.0667. The van der Waals surface area contributed by atoms with Gasteiger partial charge in [0.2, 0.25) is 0 Å². The van der Waals surface area contributed by atoms with E-state index in [1.165, 1.54) is 17.4 Å². The van der Waals surface area contributed by atoms with Crippen molar-refractivity contribution in [1.82, 2.24) is 0 Å². The molecule has 3 nitrogen and oxygen atoms in total. The minimum Gasteiger partial charge on any atom is -0.321 e. The Morgan fingerprint density at radius 3 is 2.62 bits per heavy atom. The van der Waals surface area contributed by atoms with Crippen molar-refractivity contribution < 1.29 is 4.79 Å². The molecule has 0 atom stereocenters. The molecular formula is C15H10Cl2N2OS. The van der Waals surface area contributed by atoms with Crippen LogP contribution in [0.15, 0.2) is 35.9 Å². The average Bonchev–Trinajstić information content (AvgIpc) is 2.85. The molecule has 0 unspecified atom stereocenters. The first kappa shape index (κ1) is 15.6. The smallest absolute Gasteiger partial charge is 0.266 e. The van der Waals surface area contributed by atoms with Crippen LogP contribution in [0, 0.1) is 18.3 Å². The zero-order valence-corrected chi connectivity index (χ0v) is 13.3. The monoisotopic (exact) mass is 336 g/mol. The predicted octanol–water partition coefficient (Wildman–Crippen LogP) is 4.91. The fourth-order valence-electron chi connectivity index (χ4n) is 1.59. The number of nitrogens with one attached hydrogen (secondary N) is 1. The van der Waals surface area contributed by atoms with Crippen LogP contribution < -0.4 is 5.32 Å². The summed E-state index contributed by atoms with van der Waals surface area (Å²) < 4.78 is 0. The highest BCUT2D eigenvalue weighted by molar-refractivity contribution is 7.12. The second-order valence-electron chi connectivity index (χ2n) is 4.20. The second kappa shape index (κ2) is 6.77. The van der Waals surface area contributed by atoms with Crippen LogP contribution in [-0.2, 0) is 4.79 Å². The fourth-order valence-corrected chi connectivity index (χ4v) is 2.71. The molecule has 0 fully saturated rings. The summed E-state index contributed by atoms with van der Waals surface area (Å²) >= 11 is 13.2. The Kier molecular flexibility index (Phi) is 5.03. The van der Waals surface area contributed by atoms with Crippen molar-refractivity contribution in [3.8, 4) is 6.07 Å². The van der Waals surface area contributed by atoms with Crippen LogP contribution in [0.2, 0.25) is 10.0 Å². The molecule has 0 aliphatic rings. The van der Waals surface area contributed by atoms with E-state index in [2.05, 4.69) is 5.32 Å². The third-order valence-electron chi connectivity index (χ3n) is 2.59. The van der Waals surface area contributed by atoms with E-state index < -0.39 is 5.91 Å². The van der Waals surface area contributed by atoms with E-state index in [-0.39, 0.29) is 5.57 Å². The van der Waals surface area contributed by atoms with E-state index in [0.717, 1.165) is 9.75 Å². The van der Waals surface area contributed by atoms with Gasteiger partial charge in [-0.3, -0.25) is 4.79 Å². The maximum atomic E-state index is 12.1. The Morgan fingerprint density at radius 2 is 2.05 bits per heavy atom. The van der Waals surface area contributed by atoms with Gasteiger partial charge in [-0.15, -0.1) is 11.3 Å². The molecule has 0 saturated carbocycles. The molecule has 0 radical (unpaired) electrons. The van der Waals surface area contributed by atoms with Crippen molar-refractivity contribution in [2.75, 3.05) is 5.32 Å². The van der Waals surface area contributed by atoms with Gasteiger partial charge in [-0.25, -0.2) is 0 Å². The number of benzene rings is 1. The number of halogens is 2. The number of hydrogen-bond acceptors (Lipinski definition) is 3. The molecule has 2 rings (SSSR count). The second-order valence-corrected chi connectivity index (χ2v) is 6.34. The zero-order valence-electron chi connectivity index (χ0n) is 11.0. The first-order valence-electron chi connectivity index (χ1n) is 5.94. The maximum Gasteiger partial charge on any atom is 0.266 e. The number of hydrogen-bond donors (Lipinski definition) is 1. The number of nitrogens with zero attached hydrogens (tertiary/aromatic N) is 1. The molecule has 0 aliphatic heterocycles. The molecule has 1 heterocycles. The molecular weight excluding hydrogens is 327 g/mol. The van der Waals surface area contributed by atoms with Crippen LogP contribution in [0.25, 0.3) is 6.08 Å². The standard InChI is InChI=1S/C15H10Cl2N2OS/c1-9-2-4-12(21-9)6-10(8-18)15(20)19-11-3-5-13(16)14(17)7-11/h2-7H,1H3,(H,19,20)/b10-6+. The summed E-state index contributed by atoms with van der Waals surface area (Å²) in [5.74, 6) is -0.484. The molecule has 106 valence electrons. The van der Waals surface area contributed by atoms with E-state index in [0.29, 0.717) is 15.7 Å². The molecule has 0 aliphatic carbocycles. The molecule has 0 spiro atoms. The Hall–Kier alpha value is -1.80. The Labute approximate surface area is 136 Å². The minimum atomic E-state index is -0.484. The minimum absolute atomic E-state index is 0.0305. The lowest BCUT2D eigenvalue weighted by Gasteiger charge is -2.05. The van der Waals surface area contributed by atoms with Gasteiger partial charge in [-0.1, -0.05) is 23.2 Å². The van der Waals surface area contributed by atoms with E-state index >= 15 is 0 Å². The number of anilines is 1. The van der Waals surface area contributed by atoms with Crippen LogP contribution in [0.5, 0.6) is 0 Å². The molecule has 2 aromatic rings. The van der Waals surface area contributed by atoms with Gasteiger partial charge < -0.3 is 5.32 Å². The Bertz CT molecular complexity index is 759. The summed E-state index contributed by atoms with van der Waals surface area (Å²) in [5.41, 5.74) is 0.515. The van der Waals surface area contributed by atoms with E-state index in [1.807, 2.05) is 25.1 Å². The summed E-state index contributed by atoms with van der Waals surface area (Å²) in [5, 5.41) is 12.5. The van der Waals surface area contributed by atoms with Crippen LogP contribution in [-0.4, -0.2) is 5.91 Å². The van der Waals surface area contributed by atoms with Gasteiger partial charge in [-0.05, 0) is 43.3 Å². The summed E-state index contributed by atoms with van der Waals surface area (Å²) in [7, 11) is 0. The van der Waals surface area contributed by atoms with E-state index in [4.69, 9.17) is 28.5 Å². The van der Waals surface area contributed by atoms with E-state index in [1.54, 1.807) is 18.2 Å². The van der Waals surface area contributed by atoms with Gasteiger partial charge in [-0.2, -0.15) is 5.26 Å². The normalized spacial score (nSPS) is 11.0. The molecule has 0 saturated heterocycles. The Morgan fingerprint density at radius 1 is 1.29 bits per heavy atom. The number of aryl methyl sites for hydroxylation is 1. The Balaban J connectivity index is 2.19. The van der Waals surface area contributed by atoms with Gasteiger partial charge in [0.1, 0.15) is 11.6 Å². The van der Waals surface area contributed by atoms with Gasteiger partial charge in [0.05, 0.1) is 10.0 Å². The number of thiophene rings is 1. The molecule has 1 aromatic carbocycles.